The van der Waals surface area contributed by atoms with Crippen molar-refractivity contribution in [2.45, 2.75) is 18.9 Å². The first-order valence-corrected chi connectivity index (χ1v) is 7.16. The van der Waals surface area contributed by atoms with Crippen LogP contribution in [0.15, 0.2) is 24.3 Å². The molecule has 1 aromatic heterocycles. The van der Waals surface area contributed by atoms with Crippen LogP contribution >= 0.6 is 11.3 Å². The summed E-state index contributed by atoms with van der Waals surface area (Å²) in [6.07, 6.45) is 1.31. The van der Waals surface area contributed by atoms with Crippen LogP contribution in [0, 0.1) is 0 Å². The van der Waals surface area contributed by atoms with Gasteiger partial charge in [0.05, 0.1) is 0 Å². The summed E-state index contributed by atoms with van der Waals surface area (Å²) in [7, 11) is 0. The molecule has 1 atom stereocenters. The maximum absolute atomic E-state index is 11.9. The van der Waals surface area contributed by atoms with E-state index in [1.807, 2.05) is 24.3 Å². The molecule has 3 N–H and O–H groups in total. The van der Waals surface area contributed by atoms with E-state index in [9.17, 15) is 4.79 Å². The van der Waals surface area contributed by atoms with Crippen LogP contribution in [0.4, 0.5) is 10.8 Å². The number of amides is 1. The lowest BCUT2D eigenvalue weighted by atomic mass is 10.2. The summed E-state index contributed by atoms with van der Waals surface area (Å²) in [6.45, 7) is 0.642. The Morgan fingerprint density at radius 1 is 1.45 bits per heavy atom. The smallest absolute Gasteiger partial charge is 0.255 e. The number of nitrogens with one attached hydrogen (secondary N) is 1. The Labute approximate surface area is 120 Å². The first kappa shape index (κ1) is 13.0. The highest BCUT2D eigenvalue weighted by Gasteiger charge is 2.24. The number of carbonyl (C=O) groups excluding carboxylic acids is 1. The quantitative estimate of drug-likeness (QED) is 0.843. The molecule has 1 amide bonds. The van der Waals surface area contributed by atoms with Crippen molar-refractivity contribution in [3.05, 3.63) is 24.3 Å². The molecular weight excluding hydrogens is 276 g/mol. The van der Waals surface area contributed by atoms with Crippen LogP contribution in [0.3, 0.4) is 0 Å². The molecule has 1 saturated heterocycles. The molecule has 1 fully saturated rings. The lowest BCUT2D eigenvalue weighted by molar-refractivity contribution is -0.124. The number of hydrogen-bond donors (Lipinski definition) is 2. The molecule has 0 aliphatic carbocycles. The molecule has 1 aromatic carbocycles. The van der Waals surface area contributed by atoms with Gasteiger partial charge in [0.2, 0.25) is 5.13 Å². The molecule has 3 rings (SSSR count). The van der Waals surface area contributed by atoms with Crippen LogP contribution in [0.25, 0.3) is 10.6 Å². The summed E-state index contributed by atoms with van der Waals surface area (Å²) in [5.74, 6) is -0.155. The van der Waals surface area contributed by atoms with Crippen LogP contribution in [-0.4, -0.2) is 28.8 Å². The number of nitrogens with zero attached hydrogens (tertiary/aromatic N) is 2. The molecule has 1 aliphatic heterocycles. The van der Waals surface area contributed by atoms with E-state index in [0.717, 1.165) is 23.4 Å². The normalized spacial score (nSPS) is 18.1. The van der Waals surface area contributed by atoms with Crippen molar-refractivity contribution < 1.29 is 9.53 Å². The largest absolute Gasteiger partial charge is 0.399 e. The number of hydrogen-bond acceptors (Lipinski definition) is 6. The van der Waals surface area contributed by atoms with Gasteiger partial charge in [-0.05, 0) is 25.0 Å². The zero-order valence-electron chi connectivity index (χ0n) is 10.7. The second-order valence-electron chi connectivity index (χ2n) is 4.53. The summed E-state index contributed by atoms with van der Waals surface area (Å²) in [5, 5.41) is 12.0. The highest BCUT2D eigenvalue weighted by molar-refractivity contribution is 7.18. The van der Waals surface area contributed by atoms with Gasteiger partial charge < -0.3 is 10.5 Å². The van der Waals surface area contributed by atoms with E-state index in [1.165, 1.54) is 11.3 Å². The monoisotopic (exact) mass is 290 g/mol. The van der Waals surface area contributed by atoms with E-state index in [1.54, 1.807) is 0 Å². The van der Waals surface area contributed by atoms with Crippen LogP contribution in [0.2, 0.25) is 0 Å². The van der Waals surface area contributed by atoms with Gasteiger partial charge in [-0.15, -0.1) is 10.2 Å². The Hall–Kier alpha value is -1.99. The van der Waals surface area contributed by atoms with Crippen molar-refractivity contribution in [1.29, 1.82) is 0 Å². The van der Waals surface area contributed by atoms with Crippen LogP contribution in [0.1, 0.15) is 12.8 Å². The SMILES string of the molecule is Nc1cccc(-c2nnc(NC(=O)C3CCCO3)s2)c1. The Balaban J connectivity index is 1.72. The lowest BCUT2D eigenvalue weighted by Gasteiger charge is -2.06. The van der Waals surface area contributed by atoms with Crippen molar-refractivity contribution in [1.82, 2.24) is 10.2 Å². The molecule has 0 saturated carbocycles. The third-order valence-corrected chi connectivity index (χ3v) is 3.90. The van der Waals surface area contributed by atoms with Gasteiger partial charge >= 0.3 is 0 Å². The molecule has 20 heavy (non-hydrogen) atoms. The first-order chi connectivity index (χ1) is 9.72. The predicted molar refractivity (Wildman–Crippen MR) is 77.4 cm³/mol. The van der Waals surface area contributed by atoms with E-state index in [2.05, 4.69) is 15.5 Å². The van der Waals surface area contributed by atoms with Gasteiger partial charge in [-0.1, -0.05) is 23.5 Å². The molecular formula is C13H14N4O2S. The molecule has 2 heterocycles. The molecule has 1 unspecified atom stereocenters. The van der Waals surface area contributed by atoms with Crippen molar-refractivity contribution >= 4 is 28.1 Å². The summed E-state index contributed by atoms with van der Waals surface area (Å²) < 4.78 is 5.32. The lowest BCUT2D eigenvalue weighted by Crippen LogP contribution is -2.26. The highest BCUT2D eigenvalue weighted by atomic mass is 32.1. The van der Waals surface area contributed by atoms with Crippen molar-refractivity contribution in [3.63, 3.8) is 0 Å². The predicted octanol–water partition coefficient (Wildman–Crippen LogP) is 1.90. The van der Waals surface area contributed by atoms with Crippen molar-refractivity contribution in [2.24, 2.45) is 0 Å². The number of benzene rings is 1. The minimum absolute atomic E-state index is 0.155. The minimum atomic E-state index is -0.366. The number of carbonyl (C=O) groups is 1. The van der Waals surface area contributed by atoms with E-state index in [4.69, 9.17) is 10.5 Å². The van der Waals surface area contributed by atoms with Crippen LogP contribution in [-0.2, 0) is 9.53 Å². The number of aromatic nitrogens is 2. The number of ether oxygens (including phenoxy) is 1. The zero-order valence-corrected chi connectivity index (χ0v) is 11.5. The third kappa shape index (κ3) is 2.78. The molecule has 104 valence electrons. The number of nitrogen functional groups attached to an aromatic ring is 1. The van der Waals surface area contributed by atoms with E-state index < -0.39 is 0 Å². The summed E-state index contributed by atoms with van der Waals surface area (Å²) in [6, 6.07) is 7.40. The molecule has 6 nitrogen and oxygen atoms in total. The standard InChI is InChI=1S/C13H14N4O2S/c14-9-4-1-3-8(7-9)12-16-17-13(20-12)15-11(18)10-5-2-6-19-10/h1,3-4,7,10H,2,5-6,14H2,(H,15,17,18). The minimum Gasteiger partial charge on any atom is -0.399 e. The highest BCUT2D eigenvalue weighted by Crippen LogP contribution is 2.27. The van der Waals surface area contributed by atoms with Crippen LogP contribution < -0.4 is 11.1 Å². The molecule has 1 aliphatic rings. The topological polar surface area (TPSA) is 90.1 Å². The van der Waals surface area contributed by atoms with Gasteiger partial charge in [0.15, 0.2) is 0 Å². The van der Waals surface area contributed by atoms with Crippen molar-refractivity contribution in [2.75, 3.05) is 17.7 Å². The fourth-order valence-corrected chi connectivity index (χ4v) is 2.78. The van der Waals surface area contributed by atoms with Gasteiger partial charge in [-0.3, -0.25) is 10.1 Å². The molecule has 0 radical (unpaired) electrons. The second-order valence-corrected chi connectivity index (χ2v) is 5.51. The van der Waals surface area contributed by atoms with Gasteiger partial charge in [0, 0.05) is 17.9 Å². The van der Waals surface area contributed by atoms with Crippen molar-refractivity contribution in [3.8, 4) is 10.6 Å². The number of rotatable bonds is 3. The first-order valence-electron chi connectivity index (χ1n) is 6.34. The Kier molecular flexibility index (Phi) is 3.62. The summed E-state index contributed by atoms with van der Waals surface area (Å²) in [4.78, 5) is 11.9. The molecule has 0 bridgehead atoms. The van der Waals surface area contributed by atoms with Gasteiger partial charge in [-0.2, -0.15) is 0 Å². The average Bonchev–Trinajstić information content (AvgIpc) is 3.10. The average molecular weight is 290 g/mol. The van der Waals surface area contributed by atoms with E-state index >= 15 is 0 Å². The maximum Gasteiger partial charge on any atom is 0.255 e. The zero-order chi connectivity index (χ0) is 13.9. The van der Waals surface area contributed by atoms with E-state index in [0.29, 0.717) is 17.4 Å². The third-order valence-electron chi connectivity index (χ3n) is 3.01. The Morgan fingerprint density at radius 2 is 2.35 bits per heavy atom. The molecule has 0 spiro atoms. The van der Waals surface area contributed by atoms with Gasteiger partial charge in [0.25, 0.3) is 5.91 Å². The molecule has 2 aromatic rings. The fraction of sp³-hybridized carbons (Fsp3) is 0.308. The summed E-state index contributed by atoms with van der Waals surface area (Å²) >= 11 is 1.32. The second kappa shape index (κ2) is 5.56. The van der Waals surface area contributed by atoms with Gasteiger partial charge in [0.1, 0.15) is 11.1 Å². The summed E-state index contributed by atoms with van der Waals surface area (Å²) in [5.41, 5.74) is 7.29. The number of anilines is 2. The number of nitrogens with two attached hydrogens (primary N) is 1. The van der Waals surface area contributed by atoms with E-state index in [-0.39, 0.29) is 12.0 Å². The fourth-order valence-electron chi connectivity index (χ4n) is 2.03. The maximum atomic E-state index is 11.9. The van der Waals surface area contributed by atoms with Gasteiger partial charge in [-0.25, -0.2) is 0 Å². The molecule has 7 heteroatoms. The Morgan fingerprint density at radius 3 is 3.10 bits per heavy atom. The van der Waals surface area contributed by atoms with Crippen LogP contribution in [0.5, 0.6) is 0 Å². The Bertz CT molecular complexity index is 622.